The first-order valence-corrected chi connectivity index (χ1v) is 7.25. The van der Waals surface area contributed by atoms with Crippen LogP contribution in [0.25, 0.3) is 11.1 Å². The number of nitrogens with zero attached hydrogens (tertiary/aromatic N) is 1. The summed E-state index contributed by atoms with van der Waals surface area (Å²) < 4.78 is 13.4. The lowest BCUT2D eigenvalue weighted by Gasteiger charge is -2.14. The summed E-state index contributed by atoms with van der Waals surface area (Å²) in [6.45, 7) is 3.22. The lowest BCUT2D eigenvalue weighted by Crippen LogP contribution is -2.19. The summed E-state index contributed by atoms with van der Waals surface area (Å²) in [7, 11) is 0. The van der Waals surface area contributed by atoms with Crippen LogP contribution in [0.15, 0.2) is 36.7 Å². The van der Waals surface area contributed by atoms with E-state index in [-0.39, 0.29) is 5.82 Å². The lowest BCUT2D eigenvalue weighted by molar-refractivity contribution is 0.529. The summed E-state index contributed by atoms with van der Waals surface area (Å²) in [5, 5.41) is 3.59. The lowest BCUT2D eigenvalue weighted by atomic mass is 9.97. The van der Waals surface area contributed by atoms with Gasteiger partial charge in [0, 0.05) is 17.8 Å². The van der Waals surface area contributed by atoms with Crippen LogP contribution in [0, 0.1) is 5.82 Å². The Bertz CT molecular complexity index is 610. The van der Waals surface area contributed by atoms with E-state index >= 15 is 0 Å². The number of hydrogen-bond donors (Lipinski definition) is 1. The Morgan fingerprint density at radius 1 is 1.35 bits per heavy atom. The largest absolute Gasteiger partial charge is 0.310 e. The number of hydrogen-bond acceptors (Lipinski definition) is 2. The third-order valence-corrected chi connectivity index (χ3v) is 3.93. The third kappa shape index (κ3) is 2.46. The van der Waals surface area contributed by atoms with Gasteiger partial charge in [0.1, 0.15) is 5.82 Å². The molecular formula is C17H19FN2. The summed E-state index contributed by atoms with van der Waals surface area (Å²) in [4.78, 5) is 3.96. The quantitative estimate of drug-likeness (QED) is 0.912. The Kier molecular flexibility index (Phi) is 3.79. The van der Waals surface area contributed by atoms with Gasteiger partial charge in [-0.1, -0.05) is 25.1 Å². The number of nitrogens with one attached hydrogen (secondary N) is 1. The molecule has 1 aromatic heterocycles. The molecule has 1 aliphatic rings. The van der Waals surface area contributed by atoms with Crippen molar-refractivity contribution in [3.8, 4) is 11.1 Å². The van der Waals surface area contributed by atoms with Crippen LogP contribution in [0.1, 0.15) is 36.9 Å². The SMILES string of the molecule is CCCNC1CCc2c(-c3cncc(F)c3)cccc21. The summed E-state index contributed by atoms with van der Waals surface area (Å²) in [5.41, 5.74) is 4.70. The molecule has 0 aliphatic heterocycles. The average molecular weight is 270 g/mol. The van der Waals surface area contributed by atoms with Gasteiger partial charge in [-0.25, -0.2) is 4.39 Å². The predicted octanol–water partition coefficient (Wildman–Crippen LogP) is 3.87. The zero-order valence-electron chi connectivity index (χ0n) is 11.7. The number of aromatic nitrogens is 1. The Hall–Kier alpha value is -1.74. The van der Waals surface area contributed by atoms with Crippen LogP contribution in [-0.2, 0) is 6.42 Å². The molecule has 1 N–H and O–H groups in total. The normalized spacial score (nSPS) is 17.2. The first kappa shape index (κ1) is 13.3. The van der Waals surface area contributed by atoms with E-state index in [1.54, 1.807) is 12.3 Å². The van der Waals surface area contributed by atoms with Crippen molar-refractivity contribution < 1.29 is 4.39 Å². The van der Waals surface area contributed by atoms with Gasteiger partial charge >= 0.3 is 0 Å². The molecule has 1 heterocycles. The van der Waals surface area contributed by atoms with Crippen molar-refractivity contribution in [2.24, 2.45) is 0 Å². The van der Waals surface area contributed by atoms with Crippen LogP contribution >= 0.6 is 0 Å². The van der Waals surface area contributed by atoms with Crippen molar-refractivity contribution in [1.29, 1.82) is 0 Å². The van der Waals surface area contributed by atoms with Crippen molar-refractivity contribution in [3.63, 3.8) is 0 Å². The second-order valence-electron chi connectivity index (χ2n) is 5.31. The van der Waals surface area contributed by atoms with Crippen molar-refractivity contribution >= 4 is 0 Å². The van der Waals surface area contributed by atoms with E-state index < -0.39 is 0 Å². The van der Waals surface area contributed by atoms with Gasteiger partial charge in [-0.05, 0) is 48.6 Å². The fourth-order valence-corrected chi connectivity index (χ4v) is 3.01. The molecule has 0 radical (unpaired) electrons. The molecule has 1 unspecified atom stereocenters. The minimum atomic E-state index is -0.279. The fourth-order valence-electron chi connectivity index (χ4n) is 3.01. The zero-order valence-corrected chi connectivity index (χ0v) is 11.7. The maximum Gasteiger partial charge on any atom is 0.142 e. The van der Waals surface area contributed by atoms with E-state index in [1.807, 2.05) is 0 Å². The Labute approximate surface area is 119 Å². The Morgan fingerprint density at radius 2 is 2.25 bits per heavy atom. The van der Waals surface area contributed by atoms with Crippen molar-refractivity contribution in [1.82, 2.24) is 10.3 Å². The summed E-state index contributed by atoms with van der Waals surface area (Å²) in [6, 6.07) is 8.32. The monoisotopic (exact) mass is 270 g/mol. The van der Waals surface area contributed by atoms with Crippen LogP contribution in [-0.4, -0.2) is 11.5 Å². The molecule has 1 aliphatic carbocycles. The highest BCUT2D eigenvalue weighted by atomic mass is 19.1. The number of rotatable bonds is 4. The first-order chi connectivity index (χ1) is 9.79. The standard InChI is InChI=1S/C17H19FN2/c1-2-8-20-17-7-6-15-14(4-3-5-16(15)17)12-9-13(18)11-19-10-12/h3-5,9-11,17,20H,2,6-8H2,1H3. The number of fused-ring (bicyclic) bond motifs is 1. The van der Waals surface area contributed by atoms with Crippen LogP contribution in [0.2, 0.25) is 0 Å². The van der Waals surface area contributed by atoms with Crippen LogP contribution in [0.4, 0.5) is 4.39 Å². The third-order valence-electron chi connectivity index (χ3n) is 3.93. The second-order valence-corrected chi connectivity index (χ2v) is 5.31. The second kappa shape index (κ2) is 5.71. The van der Waals surface area contributed by atoms with Crippen LogP contribution in [0.3, 0.4) is 0 Å². The molecule has 3 rings (SSSR count). The molecule has 2 nitrogen and oxygen atoms in total. The van der Waals surface area contributed by atoms with E-state index in [0.29, 0.717) is 6.04 Å². The highest BCUT2D eigenvalue weighted by Crippen LogP contribution is 2.37. The molecule has 3 heteroatoms. The molecule has 0 fully saturated rings. The molecule has 0 amide bonds. The number of pyridine rings is 1. The minimum Gasteiger partial charge on any atom is -0.310 e. The van der Waals surface area contributed by atoms with Gasteiger partial charge in [-0.3, -0.25) is 4.98 Å². The molecule has 0 saturated heterocycles. The first-order valence-electron chi connectivity index (χ1n) is 7.25. The van der Waals surface area contributed by atoms with E-state index in [4.69, 9.17) is 0 Å². The maximum absolute atomic E-state index is 13.4. The van der Waals surface area contributed by atoms with Crippen molar-refractivity contribution in [2.75, 3.05) is 6.54 Å². The molecule has 1 atom stereocenters. The fraction of sp³-hybridized carbons (Fsp3) is 0.353. The molecule has 104 valence electrons. The van der Waals surface area contributed by atoms with E-state index in [0.717, 1.165) is 36.9 Å². The highest BCUT2D eigenvalue weighted by molar-refractivity contribution is 5.69. The van der Waals surface area contributed by atoms with Gasteiger partial charge in [-0.2, -0.15) is 0 Å². The molecule has 2 aromatic rings. The summed E-state index contributed by atoms with van der Waals surface area (Å²) >= 11 is 0. The van der Waals surface area contributed by atoms with Gasteiger partial charge in [-0.15, -0.1) is 0 Å². The summed E-state index contributed by atoms with van der Waals surface area (Å²) in [6.07, 6.45) is 6.29. The van der Waals surface area contributed by atoms with E-state index in [9.17, 15) is 4.39 Å². The summed E-state index contributed by atoms with van der Waals surface area (Å²) in [5.74, 6) is -0.279. The van der Waals surface area contributed by atoms with E-state index in [1.165, 1.54) is 17.3 Å². The van der Waals surface area contributed by atoms with E-state index in [2.05, 4.69) is 35.4 Å². The number of halogens is 1. The smallest absolute Gasteiger partial charge is 0.142 e. The van der Waals surface area contributed by atoms with Crippen LogP contribution < -0.4 is 5.32 Å². The Morgan fingerprint density at radius 3 is 3.05 bits per heavy atom. The Balaban J connectivity index is 1.97. The van der Waals surface area contributed by atoms with Crippen molar-refractivity contribution in [2.45, 2.75) is 32.2 Å². The van der Waals surface area contributed by atoms with Gasteiger partial charge in [0.05, 0.1) is 6.20 Å². The van der Waals surface area contributed by atoms with Gasteiger partial charge in [0.25, 0.3) is 0 Å². The topological polar surface area (TPSA) is 24.9 Å². The van der Waals surface area contributed by atoms with Gasteiger partial charge in [0.15, 0.2) is 0 Å². The highest BCUT2D eigenvalue weighted by Gasteiger charge is 2.24. The van der Waals surface area contributed by atoms with Crippen LogP contribution in [0.5, 0.6) is 0 Å². The van der Waals surface area contributed by atoms with Crippen molar-refractivity contribution in [3.05, 3.63) is 53.6 Å². The molecule has 1 aromatic carbocycles. The zero-order chi connectivity index (χ0) is 13.9. The molecule has 20 heavy (non-hydrogen) atoms. The molecule has 0 spiro atoms. The molecule has 0 bridgehead atoms. The number of benzene rings is 1. The minimum absolute atomic E-state index is 0.279. The van der Waals surface area contributed by atoms with Gasteiger partial charge in [0.2, 0.25) is 0 Å². The molecular weight excluding hydrogens is 251 g/mol. The average Bonchev–Trinajstić information content (AvgIpc) is 2.88. The maximum atomic E-state index is 13.4. The molecule has 0 saturated carbocycles. The predicted molar refractivity (Wildman–Crippen MR) is 79.0 cm³/mol. The van der Waals surface area contributed by atoms with Gasteiger partial charge < -0.3 is 5.32 Å².